The van der Waals surface area contributed by atoms with Gasteiger partial charge in [-0.2, -0.15) is 0 Å². The highest BCUT2D eigenvalue weighted by Gasteiger charge is 2.02. The Balaban J connectivity index is 2.31. The second-order valence-electron chi connectivity index (χ2n) is 2.88. The van der Waals surface area contributed by atoms with Crippen molar-refractivity contribution in [3.8, 4) is 0 Å². The molecule has 0 aliphatic heterocycles. The third-order valence-electron chi connectivity index (χ3n) is 1.74. The van der Waals surface area contributed by atoms with Gasteiger partial charge in [-0.05, 0) is 24.5 Å². The van der Waals surface area contributed by atoms with Crippen LogP contribution in [-0.2, 0) is 6.42 Å². The van der Waals surface area contributed by atoms with Crippen molar-refractivity contribution in [3.63, 3.8) is 0 Å². The molecule has 1 unspecified atom stereocenters. The fourth-order valence-corrected chi connectivity index (χ4v) is 1.18. The van der Waals surface area contributed by atoms with Crippen LogP contribution < -0.4 is 5.73 Å². The van der Waals surface area contributed by atoms with Gasteiger partial charge in [-0.25, -0.2) is 0 Å². The van der Waals surface area contributed by atoms with E-state index in [1.165, 1.54) is 5.56 Å². The SMILES string of the molecule is CCCC(N)Cc1ccoc1. The topological polar surface area (TPSA) is 39.2 Å². The second-order valence-corrected chi connectivity index (χ2v) is 2.88. The molecule has 0 saturated carbocycles. The summed E-state index contributed by atoms with van der Waals surface area (Å²) in [5, 5.41) is 0. The van der Waals surface area contributed by atoms with Gasteiger partial charge in [0.2, 0.25) is 0 Å². The molecule has 62 valence electrons. The molecular weight excluding hydrogens is 138 g/mol. The van der Waals surface area contributed by atoms with Crippen LogP contribution in [0.25, 0.3) is 0 Å². The molecule has 0 fully saturated rings. The van der Waals surface area contributed by atoms with E-state index in [4.69, 9.17) is 10.2 Å². The van der Waals surface area contributed by atoms with Gasteiger partial charge < -0.3 is 10.2 Å². The Hall–Kier alpha value is -0.760. The van der Waals surface area contributed by atoms with Crippen molar-refractivity contribution >= 4 is 0 Å². The smallest absolute Gasteiger partial charge is 0.0935 e. The summed E-state index contributed by atoms with van der Waals surface area (Å²) >= 11 is 0. The van der Waals surface area contributed by atoms with Gasteiger partial charge in [-0.1, -0.05) is 13.3 Å². The van der Waals surface area contributed by atoms with Crippen molar-refractivity contribution in [1.82, 2.24) is 0 Å². The molecule has 1 atom stereocenters. The van der Waals surface area contributed by atoms with Gasteiger partial charge in [-0.3, -0.25) is 0 Å². The van der Waals surface area contributed by atoms with E-state index in [0.29, 0.717) is 0 Å². The van der Waals surface area contributed by atoms with Crippen molar-refractivity contribution in [1.29, 1.82) is 0 Å². The lowest BCUT2D eigenvalue weighted by Crippen LogP contribution is -2.21. The number of nitrogens with two attached hydrogens (primary N) is 1. The summed E-state index contributed by atoms with van der Waals surface area (Å²) in [7, 11) is 0. The lowest BCUT2D eigenvalue weighted by atomic mass is 10.1. The van der Waals surface area contributed by atoms with Gasteiger partial charge in [0.15, 0.2) is 0 Å². The Morgan fingerprint density at radius 2 is 2.45 bits per heavy atom. The van der Waals surface area contributed by atoms with Gasteiger partial charge in [0.25, 0.3) is 0 Å². The minimum absolute atomic E-state index is 0.289. The van der Waals surface area contributed by atoms with Crippen molar-refractivity contribution in [2.24, 2.45) is 5.73 Å². The van der Waals surface area contributed by atoms with E-state index in [0.717, 1.165) is 19.3 Å². The molecule has 0 aliphatic carbocycles. The highest BCUT2D eigenvalue weighted by molar-refractivity contribution is 5.06. The maximum Gasteiger partial charge on any atom is 0.0935 e. The molecule has 0 aliphatic rings. The molecule has 0 bridgehead atoms. The summed E-state index contributed by atoms with van der Waals surface area (Å²) < 4.78 is 4.94. The molecule has 1 aromatic heterocycles. The summed E-state index contributed by atoms with van der Waals surface area (Å²) in [4.78, 5) is 0. The quantitative estimate of drug-likeness (QED) is 0.718. The van der Waals surface area contributed by atoms with Crippen LogP contribution in [0.3, 0.4) is 0 Å². The van der Waals surface area contributed by atoms with Gasteiger partial charge in [0, 0.05) is 6.04 Å². The van der Waals surface area contributed by atoms with Crippen LogP contribution in [-0.4, -0.2) is 6.04 Å². The van der Waals surface area contributed by atoms with E-state index >= 15 is 0 Å². The Morgan fingerprint density at radius 3 is 3.00 bits per heavy atom. The molecule has 2 nitrogen and oxygen atoms in total. The molecule has 0 saturated heterocycles. The Labute approximate surface area is 67.4 Å². The predicted octanol–water partition coefficient (Wildman–Crippen LogP) is 1.95. The van der Waals surface area contributed by atoms with E-state index in [1.54, 1.807) is 12.5 Å². The van der Waals surface area contributed by atoms with Crippen molar-refractivity contribution in [2.75, 3.05) is 0 Å². The Bertz CT molecular complexity index is 181. The molecule has 0 radical (unpaired) electrons. The first-order valence-electron chi connectivity index (χ1n) is 4.09. The molecule has 2 N–H and O–H groups in total. The predicted molar refractivity (Wildman–Crippen MR) is 45.3 cm³/mol. The van der Waals surface area contributed by atoms with Gasteiger partial charge >= 0.3 is 0 Å². The van der Waals surface area contributed by atoms with E-state index in [1.807, 2.05) is 6.07 Å². The summed E-state index contributed by atoms with van der Waals surface area (Å²) in [6.45, 7) is 2.15. The van der Waals surface area contributed by atoms with E-state index in [2.05, 4.69) is 6.92 Å². The van der Waals surface area contributed by atoms with Gasteiger partial charge in [-0.15, -0.1) is 0 Å². The lowest BCUT2D eigenvalue weighted by Gasteiger charge is -2.06. The lowest BCUT2D eigenvalue weighted by molar-refractivity contribution is 0.554. The molecule has 0 amide bonds. The molecule has 2 heteroatoms. The maximum absolute atomic E-state index is 5.83. The first-order valence-corrected chi connectivity index (χ1v) is 4.09. The first-order chi connectivity index (χ1) is 5.33. The third-order valence-corrected chi connectivity index (χ3v) is 1.74. The van der Waals surface area contributed by atoms with Gasteiger partial charge in [0.05, 0.1) is 12.5 Å². The van der Waals surface area contributed by atoms with Crippen molar-refractivity contribution < 1.29 is 4.42 Å². The largest absolute Gasteiger partial charge is 0.472 e. The monoisotopic (exact) mass is 153 g/mol. The fourth-order valence-electron chi connectivity index (χ4n) is 1.18. The molecule has 1 heterocycles. The Kier molecular flexibility index (Phi) is 3.17. The van der Waals surface area contributed by atoms with Gasteiger partial charge in [0.1, 0.15) is 0 Å². The normalized spacial score (nSPS) is 13.3. The molecule has 0 spiro atoms. The van der Waals surface area contributed by atoms with E-state index in [9.17, 15) is 0 Å². The summed E-state index contributed by atoms with van der Waals surface area (Å²) in [5.74, 6) is 0. The summed E-state index contributed by atoms with van der Waals surface area (Å²) in [6.07, 6.45) is 6.62. The molecule has 11 heavy (non-hydrogen) atoms. The van der Waals surface area contributed by atoms with E-state index < -0.39 is 0 Å². The maximum atomic E-state index is 5.83. The Morgan fingerprint density at radius 1 is 1.64 bits per heavy atom. The fraction of sp³-hybridized carbons (Fsp3) is 0.556. The first kappa shape index (κ1) is 8.34. The number of rotatable bonds is 4. The van der Waals surface area contributed by atoms with Crippen LogP contribution in [0.4, 0.5) is 0 Å². The zero-order valence-corrected chi connectivity index (χ0v) is 6.92. The standard InChI is InChI=1S/C9H15NO/c1-2-3-9(10)6-8-4-5-11-7-8/h4-5,7,9H,2-3,6,10H2,1H3. The molecular formula is C9H15NO. The van der Waals surface area contributed by atoms with E-state index in [-0.39, 0.29) is 6.04 Å². The highest BCUT2D eigenvalue weighted by Crippen LogP contribution is 2.05. The average Bonchev–Trinajstić information content (AvgIpc) is 2.40. The minimum atomic E-state index is 0.289. The van der Waals surface area contributed by atoms with Crippen LogP contribution in [0.5, 0.6) is 0 Å². The number of hydrogen-bond acceptors (Lipinski definition) is 2. The number of hydrogen-bond donors (Lipinski definition) is 1. The van der Waals surface area contributed by atoms with Crippen molar-refractivity contribution in [3.05, 3.63) is 24.2 Å². The second kappa shape index (κ2) is 4.19. The molecule has 1 rings (SSSR count). The van der Waals surface area contributed by atoms with Crippen LogP contribution in [0.15, 0.2) is 23.0 Å². The summed E-state index contributed by atoms with van der Waals surface area (Å²) in [5.41, 5.74) is 7.03. The highest BCUT2D eigenvalue weighted by atomic mass is 16.3. The third kappa shape index (κ3) is 2.76. The number of furan rings is 1. The van der Waals surface area contributed by atoms with Crippen molar-refractivity contribution in [2.45, 2.75) is 32.2 Å². The van der Waals surface area contributed by atoms with Crippen LogP contribution >= 0.6 is 0 Å². The zero-order valence-electron chi connectivity index (χ0n) is 6.92. The zero-order chi connectivity index (χ0) is 8.10. The van der Waals surface area contributed by atoms with Crippen LogP contribution in [0.1, 0.15) is 25.3 Å². The molecule has 0 aromatic carbocycles. The van der Waals surface area contributed by atoms with Crippen LogP contribution in [0, 0.1) is 0 Å². The molecule has 1 aromatic rings. The summed E-state index contributed by atoms with van der Waals surface area (Å²) in [6, 6.07) is 2.26. The average molecular weight is 153 g/mol. The minimum Gasteiger partial charge on any atom is -0.472 e. The van der Waals surface area contributed by atoms with Crippen LogP contribution in [0.2, 0.25) is 0 Å².